The Labute approximate surface area is 117 Å². The molecule has 1 aliphatic rings. The van der Waals surface area contributed by atoms with Crippen molar-refractivity contribution < 1.29 is 14.3 Å². The summed E-state index contributed by atoms with van der Waals surface area (Å²) in [4.78, 5) is 12.0. The number of hydrogen-bond donors (Lipinski definition) is 0. The van der Waals surface area contributed by atoms with Gasteiger partial charge in [0.05, 0.1) is 0 Å². The lowest BCUT2D eigenvalue weighted by molar-refractivity contribution is 0.104. The first kappa shape index (κ1) is 12.5. The van der Waals surface area contributed by atoms with E-state index in [-0.39, 0.29) is 12.6 Å². The Bertz CT molecular complexity index is 669. The standard InChI is InChI=1S/C17H14O3/c1-12-2-6-14(7-3-12)15(18)8-4-13-5-9-16-17(10-13)20-11-19-16/h2-10H,11H2,1H3/b8-4-. The Kier molecular flexibility index (Phi) is 3.25. The number of rotatable bonds is 3. The van der Waals surface area contributed by atoms with Gasteiger partial charge in [-0.15, -0.1) is 0 Å². The largest absolute Gasteiger partial charge is 0.454 e. The van der Waals surface area contributed by atoms with Crippen molar-refractivity contribution >= 4 is 11.9 Å². The lowest BCUT2D eigenvalue weighted by atomic mass is 10.1. The van der Waals surface area contributed by atoms with Gasteiger partial charge in [0.15, 0.2) is 17.3 Å². The summed E-state index contributed by atoms with van der Waals surface area (Å²) in [5.74, 6) is 1.45. The molecule has 2 aromatic carbocycles. The van der Waals surface area contributed by atoms with Gasteiger partial charge in [0, 0.05) is 5.56 Å². The fraction of sp³-hybridized carbons (Fsp3) is 0.118. The minimum absolute atomic E-state index is 0.0114. The molecular formula is C17H14O3. The number of ketones is 1. The summed E-state index contributed by atoms with van der Waals surface area (Å²) >= 11 is 0. The third-order valence-corrected chi connectivity index (χ3v) is 3.16. The van der Waals surface area contributed by atoms with Crippen LogP contribution >= 0.6 is 0 Å². The Morgan fingerprint density at radius 2 is 1.80 bits per heavy atom. The van der Waals surface area contributed by atoms with Crippen molar-refractivity contribution in [2.24, 2.45) is 0 Å². The highest BCUT2D eigenvalue weighted by Crippen LogP contribution is 2.32. The topological polar surface area (TPSA) is 35.5 Å². The minimum Gasteiger partial charge on any atom is -0.454 e. The maximum Gasteiger partial charge on any atom is 0.231 e. The normalized spacial score (nSPS) is 12.8. The van der Waals surface area contributed by atoms with Crippen LogP contribution in [0.4, 0.5) is 0 Å². The molecular weight excluding hydrogens is 252 g/mol. The Hall–Kier alpha value is -2.55. The molecule has 0 fully saturated rings. The molecule has 100 valence electrons. The van der Waals surface area contributed by atoms with Crippen molar-refractivity contribution in [3.63, 3.8) is 0 Å². The van der Waals surface area contributed by atoms with E-state index in [2.05, 4.69) is 0 Å². The molecule has 0 N–H and O–H groups in total. The second kappa shape index (κ2) is 5.21. The van der Waals surface area contributed by atoms with Crippen LogP contribution in [-0.4, -0.2) is 12.6 Å². The smallest absolute Gasteiger partial charge is 0.231 e. The fourth-order valence-corrected chi connectivity index (χ4v) is 2.00. The summed E-state index contributed by atoms with van der Waals surface area (Å²) < 4.78 is 10.5. The van der Waals surface area contributed by atoms with Crippen LogP contribution in [0.25, 0.3) is 6.08 Å². The van der Waals surface area contributed by atoms with Gasteiger partial charge < -0.3 is 9.47 Å². The number of allylic oxidation sites excluding steroid dienone is 1. The predicted octanol–water partition coefficient (Wildman–Crippen LogP) is 3.62. The highest BCUT2D eigenvalue weighted by atomic mass is 16.7. The molecule has 3 heteroatoms. The van der Waals surface area contributed by atoms with E-state index in [9.17, 15) is 4.79 Å². The molecule has 3 rings (SSSR count). The second-order valence-electron chi connectivity index (χ2n) is 4.68. The average Bonchev–Trinajstić information content (AvgIpc) is 2.93. The van der Waals surface area contributed by atoms with E-state index < -0.39 is 0 Å². The summed E-state index contributed by atoms with van der Waals surface area (Å²) in [6.07, 6.45) is 3.35. The predicted molar refractivity (Wildman–Crippen MR) is 77.1 cm³/mol. The van der Waals surface area contributed by atoms with Gasteiger partial charge in [-0.1, -0.05) is 42.0 Å². The van der Waals surface area contributed by atoms with Crippen LogP contribution in [0, 0.1) is 6.92 Å². The second-order valence-corrected chi connectivity index (χ2v) is 4.68. The van der Waals surface area contributed by atoms with Gasteiger partial charge in [0.2, 0.25) is 6.79 Å². The van der Waals surface area contributed by atoms with Crippen molar-refractivity contribution in [2.45, 2.75) is 6.92 Å². The van der Waals surface area contributed by atoms with Crippen LogP contribution in [0.15, 0.2) is 48.5 Å². The van der Waals surface area contributed by atoms with Crippen molar-refractivity contribution in [2.75, 3.05) is 6.79 Å². The van der Waals surface area contributed by atoms with Crippen molar-refractivity contribution in [1.82, 2.24) is 0 Å². The Balaban J connectivity index is 1.76. The zero-order valence-corrected chi connectivity index (χ0v) is 11.1. The van der Waals surface area contributed by atoms with E-state index in [4.69, 9.17) is 9.47 Å². The Morgan fingerprint density at radius 3 is 2.60 bits per heavy atom. The maximum atomic E-state index is 12.0. The number of benzene rings is 2. The zero-order valence-electron chi connectivity index (χ0n) is 11.1. The number of fused-ring (bicyclic) bond motifs is 1. The van der Waals surface area contributed by atoms with E-state index in [0.29, 0.717) is 5.56 Å². The lowest BCUT2D eigenvalue weighted by Crippen LogP contribution is -1.93. The first-order valence-electron chi connectivity index (χ1n) is 6.41. The fourth-order valence-electron chi connectivity index (χ4n) is 2.00. The number of carbonyl (C=O) groups is 1. The van der Waals surface area contributed by atoms with Gasteiger partial charge in [0.25, 0.3) is 0 Å². The monoisotopic (exact) mass is 266 g/mol. The molecule has 0 unspecified atom stereocenters. The molecule has 0 atom stereocenters. The molecule has 0 aromatic heterocycles. The quantitative estimate of drug-likeness (QED) is 0.628. The molecule has 1 heterocycles. The van der Waals surface area contributed by atoms with Gasteiger partial charge in [0.1, 0.15) is 0 Å². The molecule has 0 radical (unpaired) electrons. The first-order chi connectivity index (χ1) is 9.72. The maximum absolute atomic E-state index is 12.0. The zero-order chi connectivity index (χ0) is 13.9. The number of ether oxygens (including phenoxy) is 2. The molecule has 0 spiro atoms. The number of hydrogen-bond acceptors (Lipinski definition) is 3. The number of aryl methyl sites for hydroxylation is 1. The molecule has 20 heavy (non-hydrogen) atoms. The summed E-state index contributed by atoms with van der Waals surface area (Å²) in [6.45, 7) is 2.25. The summed E-state index contributed by atoms with van der Waals surface area (Å²) in [5, 5.41) is 0. The van der Waals surface area contributed by atoms with E-state index in [1.54, 1.807) is 12.2 Å². The molecule has 0 aliphatic carbocycles. The molecule has 0 saturated carbocycles. The van der Waals surface area contributed by atoms with Gasteiger partial charge in [-0.2, -0.15) is 0 Å². The molecule has 0 bridgehead atoms. The van der Waals surface area contributed by atoms with E-state index in [1.165, 1.54) is 0 Å². The van der Waals surface area contributed by atoms with Crippen molar-refractivity contribution in [3.05, 3.63) is 65.2 Å². The molecule has 3 nitrogen and oxygen atoms in total. The van der Waals surface area contributed by atoms with Gasteiger partial charge in [-0.05, 0) is 30.7 Å². The lowest BCUT2D eigenvalue weighted by Gasteiger charge is -1.98. The molecule has 2 aromatic rings. The van der Waals surface area contributed by atoms with Crippen LogP contribution in [0.5, 0.6) is 11.5 Å². The van der Waals surface area contributed by atoms with Crippen molar-refractivity contribution in [1.29, 1.82) is 0 Å². The minimum atomic E-state index is -0.0114. The molecule has 1 aliphatic heterocycles. The van der Waals surface area contributed by atoms with Crippen molar-refractivity contribution in [3.8, 4) is 11.5 Å². The van der Waals surface area contributed by atoms with E-state index in [1.807, 2.05) is 49.4 Å². The summed E-state index contributed by atoms with van der Waals surface area (Å²) in [5.41, 5.74) is 2.74. The Morgan fingerprint density at radius 1 is 1.05 bits per heavy atom. The highest BCUT2D eigenvalue weighted by molar-refractivity contribution is 6.06. The average molecular weight is 266 g/mol. The summed E-state index contributed by atoms with van der Waals surface area (Å²) in [6, 6.07) is 13.1. The SMILES string of the molecule is Cc1ccc(C(=O)/C=C\c2ccc3c(c2)OCO3)cc1. The van der Waals surface area contributed by atoms with Gasteiger partial charge in [-0.3, -0.25) is 4.79 Å². The summed E-state index contributed by atoms with van der Waals surface area (Å²) in [7, 11) is 0. The molecule has 0 saturated heterocycles. The number of carbonyl (C=O) groups excluding carboxylic acids is 1. The van der Waals surface area contributed by atoms with Crippen LogP contribution in [-0.2, 0) is 0 Å². The third-order valence-electron chi connectivity index (χ3n) is 3.16. The first-order valence-corrected chi connectivity index (χ1v) is 6.41. The van der Waals surface area contributed by atoms with Gasteiger partial charge >= 0.3 is 0 Å². The molecule has 0 amide bonds. The third kappa shape index (κ3) is 2.57. The highest BCUT2D eigenvalue weighted by Gasteiger charge is 2.12. The van der Waals surface area contributed by atoms with Crippen LogP contribution in [0.1, 0.15) is 21.5 Å². The van der Waals surface area contributed by atoms with Crippen LogP contribution in [0.2, 0.25) is 0 Å². The van der Waals surface area contributed by atoms with E-state index >= 15 is 0 Å². The van der Waals surface area contributed by atoms with E-state index in [0.717, 1.165) is 22.6 Å². The van der Waals surface area contributed by atoms with Crippen LogP contribution < -0.4 is 9.47 Å². The van der Waals surface area contributed by atoms with Gasteiger partial charge in [-0.25, -0.2) is 0 Å². The van der Waals surface area contributed by atoms with Crippen LogP contribution in [0.3, 0.4) is 0 Å².